The minimum absolute atomic E-state index is 0.0694. The van der Waals surface area contributed by atoms with Crippen molar-refractivity contribution in [2.45, 2.75) is 33.9 Å². The number of benzene rings is 1. The van der Waals surface area contributed by atoms with Gasteiger partial charge in [-0.1, -0.05) is 24.3 Å². The highest BCUT2D eigenvalue weighted by atomic mass is 32.1. The molecule has 0 aliphatic carbocycles. The van der Waals surface area contributed by atoms with Gasteiger partial charge in [-0.2, -0.15) is 0 Å². The average molecular weight is 392 g/mol. The highest BCUT2D eigenvalue weighted by Crippen LogP contribution is 2.31. The van der Waals surface area contributed by atoms with Crippen molar-refractivity contribution < 1.29 is 4.79 Å². The van der Waals surface area contributed by atoms with Crippen LogP contribution in [0.3, 0.4) is 0 Å². The van der Waals surface area contributed by atoms with Gasteiger partial charge in [-0.25, -0.2) is 15.0 Å². The second kappa shape index (κ2) is 7.52. The molecule has 4 aromatic rings. The van der Waals surface area contributed by atoms with E-state index in [-0.39, 0.29) is 5.91 Å². The highest BCUT2D eigenvalue weighted by molar-refractivity contribution is 7.20. The molecule has 4 rings (SSSR count). The topological polar surface area (TPSA) is 72.7 Å². The Morgan fingerprint density at radius 2 is 1.86 bits per heavy atom. The molecule has 0 radical (unpaired) electrons. The molecule has 1 N–H and O–H groups in total. The summed E-state index contributed by atoms with van der Waals surface area (Å²) < 4.78 is 2.02. The zero-order chi connectivity index (χ0) is 19.7. The number of hydrogen-bond donors (Lipinski definition) is 1. The number of carbonyl (C=O) groups excluding carboxylic acids is 1. The van der Waals surface area contributed by atoms with Crippen molar-refractivity contribution in [2.75, 3.05) is 0 Å². The van der Waals surface area contributed by atoms with E-state index in [0.29, 0.717) is 11.4 Å². The van der Waals surface area contributed by atoms with Crippen LogP contribution in [-0.2, 0) is 13.1 Å². The van der Waals surface area contributed by atoms with E-state index in [1.807, 2.05) is 43.7 Å². The predicted molar refractivity (Wildman–Crippen MR) is 111 cm³/mol. The standard InChI is InChI=1S/C21H21N5OS/c1-13-18-14(2)24-15(3)25-21(18)28-19(13)20(27)23-10-16-4-6-17(7-5-16)11-26-9-8-22-12-26/h4-9,12H,10-11H2,1-3H3,(H,23,27). The van der Waals surface area contributed by atoms with E-state index >= 15 is 0 Å². The average Bonchev–Trinajstić information content (AvgIpc) is 3.28. The molecule has 0 unspecified atom stereocenters. The van der Waals surface area contributed by atoms with Gasteiger partial charge in [0.25, 0.3) is 5.91 Å². The summed E-state index contributed by atoms with van der Waals surface area (Å²) in [7, 11) is 0. The van der Waals surface area contributed by atoms with Crippen molar-refractivity contribution in [1.29, 1.82) is 0 Å². The molecule has 3 heterocycles. The van der Waals surface area contributed by atoms with Crippen LogP contribution in [0.4, 0.5) is 0 Å². The first kappa shape index (κ1) is 18.3. The Hall–Kier alpha value is -3.06. The van der Waals surface area contributed by atoms with Crippen LogP contribution in [0.5, 0.6) is 0 Å². The number of nitrogens with one attached hydrogen (secondary N) is 1. The summed E-state index contributed by atoms with van der Waals surface area (Å²) in [5.74, 6) is 0.661. The largest absolute Gasteiger partial charge is 0.347 e. The monoisotopic (exact) mass is 391 g/mol. The predicted octanol–water partition coefficient (Wildman–Crippen LogP) is 3.79. The van der Waals surface area contributed by atoms with E-state index in [0.717, 1.165) is 39.4 Å². The van der Waals surface area contributed by atoms with E-state index in [4.69, 9.17) is 0 Å². The number of aromatic nitrogens is 4. The lowest BCUT2D eigenvalue weighted by Gasteiger charge is -2.07. The van der Waals surface area contributed by atoms with E-state index in [2.05, 4.69) is 32.4 Å². The Labute approximate surface area is 167 Å². The lowest BCUT2D eigenvalue weighted by molar-refractivity contribution is 0.0954. The maximum Gasteiger partial charge on any atom is 0.261 e. The van der Waals surface area contributed by atoms with Crippen LogP contribution in [0, 0.1) is 20.8 Å². The Kier molecular flexibility index (Phi) is 4.92. The fraction of sp³-hybridized carbons (Fsp3) is 0.238. The van der Waals surface area contributed by atoms with Crippen molar-refractivity contribution in [3.63, 3.8) is 0 Å². The van der Waals surface area contributed by atoms with Gasteiger partial charge < -0.3 is 9.88 Å². The van der Waals surface area contributed by atoms with Gasteiger partial charge in [-0.3, -0.25) is 4.79 Å². The number of imidazole rings is 1. The molecule has 0 spiro atoms. The fourth-order valence-electron chi connectivity index (χ4n) is 3.31. The molecule has 3 aromatic heterocycles. The highest BCUT2D eigenvalue weighted by Gasteiger charge is 2.18. The lowest BCUT2D eigenvalue weighted by Crippen LogP contribution is -2.22. The van der Waals surface area contributed by atoms with Crippen molar-refractivity contribution >= 4 is 27.5 Å². The van der Waals surface area contributed by atoms with Gasteiger partial charge in [-0.05, 0) is 37.5 Å². The molecule has 1 amide bonds. The SMILES string of the molecule is Cc1nc(C)c2c(C)c(C(=O)NCc3ccc(Cn4ccnc4)cc3)sc2n1. The summed E-state index contributed by atoms with van der Waals surface area (Å²) in [6, 6.07) is 8.24. The van der Waals surface area contributed by atoms with Crippen LogP contribution in [0.25, 0.3) is 10.2 Å². The number of carbonyl (C=O) groups is 1. The molecule has 0 saturated heterocycles. The van der Waals surface area contributed by atoms with Crippen LogP contribution in [0.15, 0.2) is 43.0 Å². The summed E-state index contributed by atoms with van der Waals surface area (Å²) in [4.78, 5) is 27.3. The third-order valence-corrected chi connectivity index (χ3v) is 5.87. The lowest BCUT2D eigenvalue weighted by atomic mass is 10.1. The molecule has 28 heavy (non-hydrogen) atoms. The molecule has 142 valence electrons. The van der Waals surface area contributed by atoms with Gasteiger partial charge in [0.15, 0.2) is 0 Å². The summed E-state index contributed by atoms with van der Waals surface area (Å²) >= 11 is 1.43. The van der Waals surface area contributed by atoms with Gasteiger partial charge in [0.05, 0.1) is 11.2 Å². The third kappa shape index (κ3) is 3.66. The second-order valence-electron chi connectivity index (χ2n) is 6.83. The quantitative estimate of drug-likeness (QED) is 0.562. The second-order valence-corrected chi connectivity index (χ2v) is 7.83. The summed E-state index contributed by atoms with van der Waals surface area (Å²) in [6.07, 6.45) is 5.51. The van der Waals surface area contributed by atoms with E-state index in [9.17, 15) is 4.79 Å². The zero-order valence-corrected chi connectivity index (χ0v) is 16.9. The van der Waals surface area contributed by atoms with Gasteiger partial charge in [0.2, 0.25) is 0 Å². The van der Waals surface area contributed by atoms with Crippen LogP contribution in [0.2, 0.25) is 0 Å². The summed E-state index contributed by atoms with van der Waals surface area (Å²) in [5, 5.41) is 4.01. The molecule has 7 heteroatoms. The molecule has 0 aliphatic rings. The van der Waals surface area contributed by atoms with Gasteiger partial charge in [0, 0.05) is 36.6 Å². The number of amides is 1. The molecule has 0 saturated carbocycles. The number of thiophene rings is 1. The summed E-state index contributed by atoms with van der Waals surface area (Å²) in [6.45, 7) is 7.07. The van der Waals surface area contributed by atoms with Crippen molar-refractivity contribution in [3.8, 4) is 0 Å². The minimum Gasteiger partial charge on any atom is -0.347 e. The van der Waals surface area contributed by atoms with Crippen LogP contribution in [0.1, 0.15) is 37.9 Å². The Morgan fingerprint density at radius 3 is 2.57 bits per heavy atom. The first-order valence-corrected chi connectivity index (χ1v) is 9.89. The van der Waals surface area contributed by atoms with E-state index < -0.39 is 0 Å². The molecule has 0 aliphatic heterocycles. The number of fused-ring (bicyclic) bond motifs is 1. The maximum absolute atomic E-state index is 12.7. The molecule has 0 bridgehead atoms. The van der Waals surface area contributed by atoms with Crippen LogP contribution >= 0.6 is 11.3 Å². The van der Waals surface area contributed by atoms with Crippen molar-refractivity contribution in [1.82, 2.24) is 24.8 Å². The molecule has 1 aromatic carbocycles. The maximum atomic E-state index is 12.7. The smallest absolute Gasteiger partial charge is 0.261 e. The van der Waals surface area contributed by atoms with E-state index in [1.165, 1.54) is 16.9 Å². The minimum atomic E-state index is -0.0694. The Bertz CT molecular complexity index is 1130. The molecule has 6 nitrogen and oxygen atoms in total. The molecule has 0 fully saturated rings. The van der Waals surface area contributed by atoms with Gasteiger partial charge in [0.1, 0.15) is 10.7 Å². The van der Waals surface area contributed by atoms with Crippen LogP contribution < -0.4 is 5.32 Å². The Balaban J connectivity index is 1.45. The normalized spacial score (nSPS) is 11.1. The van der Waals surface area contributed by atoms with Gasteiger partial charge in [-0.15, -0.1) is 11.3 Å². The third-order valence-electron chi connectivity index (χ3n) is 4.69. The van der Waals surface area contributed by atoms with Crippen molar-refractivity contribution in [3.05, 3.63) is 76.1 Å². The molecular formula is C21H21N5OS. The van der Waals surface area contributed by atoms with Crippen LogP contribution in [-0.4, -0.2) is 25.4 Å². The number of rotatable bonds is 5. The fourth-order valence-corrected chi connectivity index (χ4v) is 4.50. The first-order chi connectivity index (χ1) is 13.5. The van der Waals surface area contributed by atoms with Gasteiger partial charge >= 0.3 is 0 Å². The van der Waals surface area contributed by atoms with Crippen molar-refractivity contribution in [2.24, 2.45) is 0 Å². The number of aryl methyl sites for hydroxylation is 3. The zero-order valence-electron chi connectivity index (χ0n) is 16.1. The molecular weight excluding hydrogens is 370 g/mol. The van der Waals surface area contributed by atoms with E-state index in [1.54, 1.807) is 12.5 Å². The summed E-state index contributed by atoms with van der Waals surface area (Å²) in [5.41, 5.74) is 4.13. The Morgan fingerprint density at radius 1 is 1.11 bits per heavy atom. The number of nitrogens with zero attached hydrogens (tertiary/aromatic N) is 4. The number of hydrogen-bond acceptors (Lipinski definition) is 5. The molecule has 0 atom stereocenters. The first-order valence-electron chi connectivity index (χ1n) is 9.07.